The highest BCUT2D eigenvalue weighted by Gasteiger charge is 2.20. The van der Waals surface area contributed by atoms with Crippen molar-refractivity contribution >= 4 is 39.2 Å². The molecule has 4 aromatic rings. The molecule has 0 unspecified atom stereocenters. The Morgan fingerprint density at radius 3 is 2.53 bits per heavy atom. The Kier molecular flexibility index (Phi) is 6.43. The summed E-state index contributed by atoms with van der Waals surface area (Å²) in [6.07, 6.45) is 0. The van der Waals surface area contributed by atoms with Crippen molar-refractivity contribution in [2.45, 2.75) is 37.7 Å². The van der Waals surface area contributed by atoms with E-state index in [0.717, 1.165) is 21.6 Å². The van der Waals surface area contributed by atoms with Gasteiger partial charge < -0.3 is 10.3 Å². The standard InChI is InChI=1S/C24H22FN3O2S2/c1-13-4-6-16(7-5-13)12-26-21(29)15(3)32-24-27-22(30)20-19(14(2)31-23(20)28-24)17-8-10-18(25)11-9-17/h4-11,15H,12H2,1-3H3,(H,26,29)(H,27,28,30)/t15-/m1/s1. The lowest BCUT2D eigenvalue weighted by Gasteiger charge is -2.11. The van der Waals surface area contributed by atoms with Gasteiger partial charge in [0.1, 0.15) is 10.6 Å². The van der Waals surface area contributed by atoms with Crippen LogP contribution >= 0.6 is 23.1 Å². The minimum atomic E-state index is -0.432. The molecule has 0 saturated heterocycles. The lowest BCUT2D eigenvalue weighted by Crippen LogP contribution is -2.30. The predicted octanol–water partition coefficient (Wildman–Crippen LogP) is 5.20. The van der Waals surface area contributed by atoms with Gasteiger partial charge in [-0.05, 0) is 44.0 Å². The van der Waals surface area contributed by atoms with Crippen molar-refractivity contribution in [1.29, 1.82) is 0 Å². The van der Waals surface area contributed by atoms with Crippen molar-refractivity contribution in [3.63, 3.8) is 0 Å². The number of nitrogens with one attached hydrogen (secondary N) is 2. The summed E-state index contributed by atoms with van der Waals surface area (Å²) in [6.45, 7) is 6.16. The molecule has 0 aliphatic carbocycles. The Hall–Kier alpha value is -2.97. The van der Waals surface area contributed by atoms with E-state index in [1.807, 2.05) is 38.1 Å². The van der Waals surface area contributed by atoms with Crippen LogP contribution in [-0.2, 0) is 11.3 Å². The highest BCUT2D eigenvalue weighted by atomic mass is 32.2. The SMILES string of the molecule is Cc1ccc(CNC(=O)[C@@H](C)Sc2nc3sc(C)c(-c4ccc(F)cc4)c3c(=O)[nH]2)cc1. The number of hydrogen-bond donors (Lipinski definition) is 2. The third-order valence-electron chi connectivity index (χ3n) is 5.09. The van der Waals surface area contributed by atoms with E-state index in [2.05, 4.69) is 15.3 Å². The number of hydrogen-bond acceptors (Lipinski definition) is 5. The molecule has 1 atom stereocenters. The van der Waals surface area contributed by atoms with Crippen LogP contribution in [0, 0.1) is 19.7 Å². The lowest BCUT2D eigenvalue weighted by atomic mass is 10.0. The van der Waals surface area contributed by atoms with Gasteiger partial charge in [0.25, 0.3) is 5.56 Å². The van der Waals surface area contributed by atoms with Gasteiger partial charge in [-0.3, -0.25) is 9.59 Å². The quantitative estimate of drug-likeness (QED) is 0.302. The number of carbonyl (C=O) groups is 1. The molecule has 0 aliphatic rings. The van der Waals surface area contributed by atoms with Gasteiger partial charge in [-0.2, -0.15) is 0 Å². The first-order valence-electron chi connectivity index (χ1n) is 10.1. The molecule has 2 heterocycles. The van der Waals surface area contributed by atoms with Gasteiger partial charge in [-0.15, -0.1) is 11.3 Å². The summed E-state index contributed by atoms with van der Waals surface area (Å²) in [7, 11) is 0. The summed E-state index contributed by atoms with van der Waals surface area (Å²) < 4.78 is 13.3. The Morgan fingerprint density at radius 2 is 1.84 bits per heavy atom. The Balaban J connectivity index is 1.52. The van der Waals surface area contributed by atoms with Crippen LogP contribution in [0.5, 0.6) is 0 Å². The minimum absolute atomic E-state index is 0.132. The number of nitrogens with zero attached hydrogens (tertiary/aromatic N) is 1. The summed E-state index contributed by atoms with van der Waals surface area (Å²) >= 11 is 2.62. The molecule has 0 radical (unpaired) electrons. The number of aryl methyl sites for hydroxylation is 2. The fraction of sp³-hybridized carbons (Fsp3) is 0.208. The number of benzene rings is 2. The fourth-order valence-electron chi connectivity index (χ4n) is 3.38. The van der Waals surface area contributed by atoms with Crippen LogP contribution in [0.1, 0.15) is 22.9 Å². The third-order valence-corrected chi connectivity index (χ3v) is 7.08. The van der Waals surface area contributed by atoms with Crippen LogP contribution in [0.3, 0.4) is 0 Å². The van der Waals surface area contributed by atoms with E-state index >= 15 is 0 Å². The second-order valence-electron chi connectivity index (χ2n) is 7.55. The monoisotopic (exact) mass is 467 g/mol. The van der Waals surface area contributed by atoms with E-state index in [1.165, 1.54) is 40.8 Å². The highest BCUT2D eigenvalue weighted by Crippen LogP contribution is 2.36. The normalized spacial score (nSPS) is 12.1. The number of aromatic amines is 1. The number of halogens is 1. The maximum atomic E-state index is 13.3. The van der Waals surface area contributed by atoms with Gasteiger partial charge >= 0.3 is 0 Å². The second kappa shape index (κ2) is 9.26. The summed E-state index contributed by atoms with van der Waals surface area (Å²) in [5.74, 6) is -0.459. The zero-order valence-corrected chi connectivity index (χ0v) is 19.5. The molecular weight excluding hydrogens is 445 g/mol. The zero-order valence-electron chi connectivity index (χ0n) is 17.9. The summed E-state index contributed by atoms with van der Waals surface area (Å²) in [6, 6.07) is 14.1. The maximum absolute atomic E-state index is 13.3. The van der Waals surface area contributed by atoms with Gasteiger partial charge in [0, 0.05) is 17.0 Å². The van der Waals surface area contributed by atoms with E-state index in [9.17, 15) is 14.0 Å². The van der Waals surface area contributed by atoms with Gasteiger partial charge in [-0.25, -0.2) is 9.37 Å². The third kappa shape index (κ3) is 4.76. The molecule has 32 heavy (non-hydrogen) atoms. The highest BCUT2D eigenvalue weighted by molar-refractivity contribution is 8.00. The molecule has 2 aromatic carbocycles. The van der Waals surface area contributed by atoms with Gasteiger partial charge in [-0.1, -0.05) is 53.7 Å². The summed E-state index contributed by atoms with van der Waals surface area (Å²) in [5, 5.41) is 3.37. The first-order valence-corrected chi connectivity index (χ1v) is 11.8. The largest absolute Gasteiger partial charge is 0.351 e. The number of amides is 1. The maximum Gasteiger partial charge on any atom is 0.260 e. The van der Waals surface area contributed by atoms with Gasteiger partial charge in [0.2, 0.25) is 5.91 Å². The van der Waals surface area contributed by atoms with E-state index in [-0.39, 0.29) is 17.3 Å². The molecule has 4 rings (SSSR count). The molecule has 0 fully saturated rings. The van der Waals surface area contributed by atoms with Crippen LogP contribution in [0.25, 0.3) is 21.3 Å². The van der Waals surface area contributed by atoms with Gasteiger partial charge in [0.15, 0.2) is 5.16 Å². The van der Waals surface area contributed by atoms with Crippen molar-refractivity contribution in [2.75, 3.05) is 0 Å². The fourth-order valence-corrected chi connectivity index (χ4v) is 5.30. The topological polar surface area (TPSA) is 74.8 Å². The number of thiophene rings is 1. The van der Waals surface area contributed by atoms with E-state index in [0.29, 0.717) is 21.9 Å². The van der Waals surface area contributed by atoms with Crippen LogP contribution in [0.15, 0.2) is 58.5 Å². The Bertz CT molecular complexity index is 1330. The van der Waals surface area contributed by atoms with Crippen molar-refractivity contribution in [3.05, 3.63) is 80.7 Å². The number of H-pyrrole nitrogens is 1. The Morgan fingerprint density at radius 1 is 1.16 bits per heavy atom. The summed E-state index contributed by atoms with van der Waals surface area (Å²) in [5.41, 5.74) is 3.46. The minimum Gasteiger partial charge on any atom is -0.351 e. The average Bonchev–Trinajstić information content (AvgIpc) is 3.10. The molecule has 5 nitrogen and oxygen atoms in total. The summed E-state index contributed by atoms with van der Waals surface area (Å²) in [4.78, 5) is 34.3. The molecule has 2 aromatic heterocycles. The van der Waals surface area contributed by atoms with Crippen molar-refractivity contribution in [3.8, 4) is 11.1 Å². The molecular formula is C24H22FN3O2S2. The number of thioether (sulfide) groups is 1. The zero-order chi connectivity index (χ0) is 22.8. The molecule has 8 heteroatoms. The van der Waals surface area contributed by atoms with Crippen molar-refractivity contribution in [1.82, 2.24) is 15.3 Å². The predicted molar refractivity (Wildman–Crippen MR) is 129 cm³/mol. The van der Waals surface area contributed by atoms with E-state index in [1.54, 1.807) is 19.1 Å². The van der Waals surface area contributed by atoms with Crippen LogP contribution in [-0.4, -0.2) is 21.1 Å². The first-order chi connectivity index (χ1) is 15.3. The Labute approximate surface area is 193 Å². The second-order valence-corrected chi connectivity index (χ2v) is 10.1. The molecule has 0 spiro atoms. The van der Waals surface area contributed by atoms with Crippen LogP contribution in [0.2, 0.25) is 0 Å². The van der Waals surface area contributed by atoms with Crippen LogP contribution in [0.4, 0.5) is 4.39 Å². The number of carbonyl (C=O) groups excluding carboxylic acids is 1. The van der Waals surface area contributed by atoms with Crippen molar-refractivity contribution in [2.24, 2.45) is 0 Å². The van der Waals surface area contributed by atoms with E-state index in [4.69, 9.17) is 0 Å². The molecule has 2 N–H and O–H groups in total. The molecule has 0 saturated carbocycles. The first kappa shape index (κ1) is 22.2. The van der Waals surface area contributed by atoms with Gasteiger partial charge in [0.05, 0.1) is 10.6 Å². The number of rotatable bonds is 6. The number of aromatic nitrogens is 2. The average molecular weight is 468 g/mol. The molecule has 164 valence electrons. The molecule has 0 bridgehead atoms. The smallest absolute Gasteiger partial charge is 0.260 e. The molecule has 0 aliphatic heterocycles. The van der Waals surface area contributed by atoms with E-state index < -0.39 is 5.25 Å². The van der Waals surface area contributed by atoms with Crippen molar-refractivity contribution < 1.29 is 9.18 Å². The number of fused-ring (bicyclic) bond motifs is 1. The lowest BCUT2D eigenvalue weighted by molar-refractivity contribution is -0.120. The van der Waals surface area contributed by atoms with Crippen LogP contribution < -0.4 is 10.9 Å². The molecule has 1 amide bonds.